The Labute approximate surface area is 56.3 Å². The second-order valence-corrected chi connectivity index (χ2v) is 3.50. The lowest BCUT2D eigenvalue weighted by Crippen LogP contribution is -2.31. The Balaban J connectivity index is 4.18. The molecule has 0 rings (SSSR count). The Morgan fingerprint density at radius 3 is 1.90 bits per heavy atom. The number of hydrogen-bond donors (Lipinski definition) is 1. The Morgan fingerprint density at radius 2 is 1.80 bits per heavy atom. The molecule has 0 aromatic heterocycles. The van der Waals surface area contributed by atoms with Gasteiger partial charge in [0.05, 0.1) is 0 Å². The van der Waals surface area contributed by atoms with Gasteiger partial charge in [0.2, 0.25) is 10.0 Å². The summed E-state index contributed by atoms with van der Waals surface area (Å²) >= 11 is 0. The molecule has 0 saturated heterocycles. The summed E-state index contributed by atoms with van der Waals surface area (Å²) in [6, 6.07) is 0. The highest BCUT2D eigenvalue weighted by Gasteiger charge is 2.34. The fourth-order valence-corrected chi connectivity index (χ4v) is 0.863. The van der Waals surface area contributed by atoms with Crippen molar-refractivity contribution in [2.24, 2.45) is 0 Å². The summed E-state index contributed by atoms with van der Waals surface area (Å²) in [7, 11) is -3.22. The third kappa shape index (κ3) is 4.57. The molecule has 0 bridgehead atoms. The third-order valence-electron chi connectivity index (χ3n) is 0.665. The summed E-state index contributed by atoms with van der Waals surface area (Å²) in [4.78, 5) is 0. The van der Waals surface area contributed by atoms with Gasteiger partial charge in [0, 0.05) is 0 Å². The van der Waals surface area contributed by atoms with E-state index in [4.69, 9.17) is 0 Å². The minimum atomic E-state index is -4.66. The van der Waals surface area contributed by atoms with Crippen LogP contribution in [-0.4, -0.2) is 27.4 Å². The number of alkyl halides is 3. The van der Waals surface area contributed by atoms with E-state index in [9.17, 15) is 21.6 Å². The highest BCUT2D eigenvalue weighted by Crippen LogP contribution is 2.15. The van der Waals surface area contributed by atoms with E-state index in [0.717, 1.165) is 7.05 Å². The minimum Gasteiger partial charge on any atom is -0.218 e. The molecule has 0 radical (unpaired) electrons. The second-order valence-electron chi connectivity index (χ2n) is 1.58. The van der Waals surface area contributed by atoms with Crippen molar-refractivity contribution in [2.45, 2.75) is 6.18 Å². The number of nitrogens with one attached hydrogen (secondary N) is 1. The fraction of sp³-hybridized carbons (Fsp3) is 1.00. The monoisotopic (exact) mass is 177 g/mol. The first-order chi connectivity index (χ1) is 4.27. The van der Waals surface area contributed by atoms with Crippen molar-refractivity contribution in [1.29, 1.82) is 0 Å². The van der Waals surface area contributed by atoms with Gasteiger partial charge in [0.25, 0.3) is 0 Å². The van der Waals surface area contributed by atoms with Gasteiger partial charge in [0.1, 0.15) is 0 Å². The predicted molar refractivity (Wildman–Crippen MR) is 28.9 cm³/mol. The first kappa shape index (κ1) is 9.70. The van der Waals surface area contributed by atoms with Crippen LogP contribution in [0.15, 0.2) is 0 Å². The SMILES string of the molecule is CNS(=O)(=O)CC(F)(F)F. The topological polar surface area (TPSA) is 46.2 Å². The average molecular weight is 177 g/mol. The minimum absolute atomic E-state index is 0.932. The van der Waals surface area contributed by atoms with Crippen molar-refractivity contribution in [2.75, 3.05) is 12.8 Å². The first-order valence-electron chi connectivity index (χ1n) is 2.25. The molecule has 0 aliphatic rings. The molecule has 0 unspecified atom stereocenters. The second kappa shape index (κ2) is 2.75. The van der Waals surface area contributed by atoms with Crippen LogP contribution in [0, 0.1) is 0 Å². The molecule has 0 aromatic rings. The molecule has 0 heterocycles. The highest BCUT2D eigenvalue weighted by atomic mass is 32.2. The summed E-state index contributed by atoms with van der Waals surface area (Å²) in [5.74, 6) is -1.82. The Kier molecular flexibility index (Phi) is 2.67. The molecule has 10 heavy (non-hydrogen) atoms. The lowest BCUT2D eigenvalue weighted by Gasteiger charge is -2.04. The van der Waals surface area contributed by atoms with E-state index in [-0.39, 0.29) is 0 Å². The van der Waals surface area contributed by atoms with Crippen LogP contribution < -0.4 is 4.72 Å². The molecule has 0 amide bonds. The molecular weight excluding hydrogens is 171 g/mol. The molecule has 0 spiro atoms. The highest BCUT2D eigenvalue weighted by molar-refractivity contribution is 7.89. The van der Waals surface area contributed by atoms with Crippen molar-refractivity contribution in [3.63, 3.8) is 0 Å². The van der Waals surface area contributed by atoms with Crippen LogP contribution in [0.5, 0.6) is 0 Å². The van der Waals surface area contributed by atoms with E-state index < -0.39 is 22.0 Å². The normalized spacial score (nSPS) is 13.6. The summed E-state index contributed by atoms with van der Waals surface area (Å²) < 4.78 is 55.9. The summed E-state index contributed by atoms with van der Waals surface area (Å²) in [5.41, 5.74) is 0. The summed E-state index contributed by atoms with van der Waals surface area (Å²) in [5, 5.41) is 0. The Bertz CT molecular complexity index is 194. The first-order valence-corrected chi connectivity index (χ1v) is 3.90. The zero-order valence-corrected chi connectivity index (χ0v) is 5.88. The van der Waals surface area contributed by atoms with Crippen LogP contribution in [0.25, 0.3) is 0 Å². The molecule has 1 N–H and O–H groups in total. The van der Waals surface area contributed by atoms with Gasteiger partial charge < -0.3 is 0 Å². The van der Waals surface area contributed by atoms with E-state index in [1.807, 2.05) is 0 Å². The number of sulfonamides is 1. The number of rotatable bonds is 2. The molecule has 0 aliphatic heterocycles. The van der Waals surface area contributed by atoms with Crippen molar-refractivity contribution in [3.8, 4) is 0 Å². The fourth-order valence-electron chi connectivity index (χ4n) is 0.288. The van der Waals surface area contributed by atoms with Crippen LogP contribution in [0.3, 0.4) is 0 Å². The van der Waals surface area contributed by atoms with Crippen molar-refractivity contribution in [1.82, 2.24) is 4.72 Å². The molecule has 7 heteroatoms. The number of hydrogen-bond acceptors (Lipinski definition) is 2. The zero-order chi connectivity index (χ0) is 8.41. The maximum absolute atomic E-state index is 11.3. The summed E-state index contributed by atoms with van der Waals surface area (Å²) in [6.45, 7) is 0. The van der Waals surface area contributed by atoms with Gasteiger partial charge in [-0.2, -0.15) is 13.2 Å². The Hall–Kier alpha value is -0.300. The maximum Gasteiger partial charge on any atom is 0.404 e. The largest absolute Gasteiger partial charge is 0.404 e. The standard InChI is InChI=1S/C3H6F3NO2S/c1-7-10(8,9)2-3(4,5)6/h7H,2H2,1H3. The lowest BCUT2D eigenvalue weighted by molar-refractivity contribution is -0.106. The van der Waals surface area contributed by atoms with Crippen molar-refractivity contribution < 1.29 is 21.6 Å². The molecule has 62 valence electrons. The van der Waals surface area contributed by atoms with Gasteiger partial charge in [-0.25, -0.2) is 13.1 Å². The molecule has 0 atom stereocenters. The van der Waals surface area contributed by atoms with Gasteiger partial charge in [0.15, 0.2) is 5.75 Å². The van der Waals surface area contributed by atoms with Crippen molar-refractivity contribution in [3.05, 3.63) is 0 Å². The quantitative estimate of drug-likeness (QED) is 0.650. The molecule has 0 aliphatic carbocycles. The summed E-state index contributed by atoms with van der Waals surface area (Å²) in [6.07, 6.45) is -4.66. The molecule has 3 nitrogen and oxygen atoms in total. The predicted octanol–water partition coefficient (Wildman–Crippen LogP) is 0.0979. The van der Waals surface area contributed by atoms with Gasteiger partial charge >= 0.3 is 6.18 Å². The zero-order valence-electron chi connectivity index (χ0n) is 5.07. The molecule has 0 fully saturated rings. The average Bonchev–Trinajstić information content (AvgIpc) is 1.60. The van der Waals surface area contributed by atoms with Crippen LogP contribution in [-0.2, 0) is 10.0 Å². The van der Waals surface area contributed by atoms with E-state index >= 15 is 0 Å². The van der Waals surface area contributed by atoms with Gasteiger partial charge in [-0.05, 0) is 7.05 Å². The number of halogens is 3. The smallest absolute Gasteiger partial charge is 0.218 e. The van der Waals surface area contributed by atoms with E-state index in [1.165, 1.54) is 0 Å². The molecule has 0 aromatic carbocycles. The maximum atomic E-state index is 11.3. The molecular formula is C3H6F3NO2S. The van der Waals surface area contributed by atoms with Gasteiger partial charge in [-0.1, -0.05) is 0 Å². The Morgan fingerprint density at radius 1 is 1.40 bits per heavy atom. The van der Waals surface area contributed by atoms with Crippen molar-refractivity contribution >= 4 is 10.0 Å². The van der Waals surface area contributed by atoms with Crippen LogP contribution >= 0.6 is 0 Å². The lowest BCUT2D eigenvalue weighted by atomic mass is 10.8. The van der Waals surface area contributed by atoms with E-state index in [1.54, 1.807) is 4.72 Å². The van der Waals surface area contributed by atoms with Gasteiger partial charge in [-0.3, -0.25) is 0 Å². The van der Waals surface area contributed by atoms with Crippen LogP contribution in [0.1, 0.15) is 0 Å². The van der Waals surface area contributed by atoms with Crippen LogP contribution in [0.4, 0.5) is 13.2 Å². The van der Waals surface area contributed by atoms with E-state index in [2.05, 4.69) is 0 Å². The molecule has 0 saturated carbocycles. The van der Waals surface area contributed by atoms with Gasteiger partial charge in [-0.15, -0.1) is 0 Å². The van der Waals surface area contributed by atoms with Crippen LogP contribution in [0.2, 0.25) is 0 Å². The third-order valence-corrected chi connectivity index (χ3v) is 1.99. The van der Waals surface area contributed by atoms with E-state index in [0.29, 0.717) is 0 Å².